The van der Waals surface area contributed by atoms with Crippen molar-refractivity contribution in [2.75, 3.05) is 5.73 Å². The number of rotatable bonds is 25. The van der Waals surface area contributed by atoms with Crippen LogP contribution in [-0.2, 0) is 15.9 Å². The minimum atomic E-state index is -0.486. The second-order valence-corrected chi connectivity index (χ2v) is 13.7. The van der Waals surface area contributed by atoms with E-state index in [2.05, 4.69) is 22.1 Å². The molecule has 45 heavy (non-hydrogen) atoms. The van der Waals surface area contributed by atoms with Gasteiger partial charge in [-0.1, -0.05) is 90.4 Å². The van der Waals surface area contributed by atoms with Gasteiger partial charge in [-0.25, -0.2) is 0 Å². The molecule has 10 heteroatoms. The predicted molar refractivity (Wildman–Crippen MR) is 178 cm³/mol. The van der Waals surface area contributed by atoms with E-state index in [1.807, 2.05) is 0 Å². The molecule has 0 aliphatic carbocycles. The molecule has 2 saturated heterocycles. The fourth-order valence-corrected chi connectivity index (χ4v) is 6.97. The molecule has 0 radical (unpaired) electrons. The zero-order valence-corrected chi connectivity index (χ0v) is 28.1. The smallest absolute Gasteiger partial charge is 0.274 e. The summed E-state index contributed by atoms with van der Waals surface area (Å²) in [7, 11) is 0. The highest BCUT2D eigenvalue weighted by molar-refractivity contribution is 5.11. The van der Waals surface area contributed by atoms with E-state index in [0.717, 1.165) is 83.5 Å². The summed E-state index contributed by atoms with van der Waals surface area (Å²) in [5, 5.41) is 39.2. The number of nitrogen functional groups attached to an aromatic ring is 1. The first-order valence-corrected chi connectivity index (χ1v) is 18.4. The second-order valence-electron chi connectivity index (χ2n) is 13.7. The van der Waals surface area contributed by atoms with Crippen LogP contribution < -0.4 is 11.3 Å². The van der Waals surface area contributed by atoms with Gasteiger partial charge >= 0.3 is 0 Å². The number of aliphatic hydroxyl groups is 3. The number of unbranched alkanes of at least 4 members (excludes halogenated alkanes) is 12. The maximum Gasteiger partial charge on any atom is 0.274 e. The van der Waals surface area contributed by atoms with Gasteiger partial charge in [-0.15, -0.1) is 10.2 Å². The number of nitrogens with two attached hydrogens (primary N) is 1. The Bertz CT molecular complexity index is 964. The van der Waals surface area contributed by atoms with Crippen LogP contribution in [0.25, 0.3) is 0 Å². The molecular weight excluding hydrogens is 572 g/mol. The third-order valence-electron chi connectivity index (χ3n) is 9.82. The average Bonchev–Trinajstić information content (AvgIpc) is 3.71. The lowest BCUT2D eigenvalue weighted by molar-refractivity contribution is -0.110. The fourth-order valence-electron chi connectivity index (χ4n) is 6.97. The van der Waals surface area contributed by atoms with Crippen LogP contribution in [0.5, 0.6) is 0 Å². The number of aliphatic hydroxyl groups excluding tert-OH is 3. The van der Waals surface area contributed by atoms with Crippen LogP contribution >= 0.6 is 0 Å². The number of hydrogen-bond donors (Lipinski definition) is 5. The molecule has 2 fully saturated rings. The van der Waals surface area contributed by atoms with Gasteiger partial charge in [0.1, 0.15) is 5.69 Å². The number of aromatic amines is 1. The summed E-state index contributed by atoms with van der Waals surface area (Å²) in [6, 6.07) is 0. The minimum absolute atomic E-state index is 0.00777. The third kappa shape index (κ3) is 14.8. The molecule has 0 spiro atoms. The Morgan fingerprint density at radius 1 is 0.689 bits per heavy atom. The maximum atomic E-state index is 11.7. The number of aryl methyl sites for hydroxylation is 1. The minimum Gasteiger partial charge on any atom is -0.393 e. The molecule has 2 aliphatic heterocycles. The number of hydrogen-bond acceptors (Lipinski definition) is 9. The lowest BCUT2D eigenvalue weighted by Gasteiger charge is -2.24. The van der Waals surface area contributed by atoms with Gasteiger partial charge in [0, 0.05) is 0 Å². The summed E-state index contributed by atoms with van der Waals surface area (Å²) in [4.78, 5) is 14.2. The van der Waals surface area contributed by atoms with E-state index in [4.69, 9.17) is 15.2 Å². The van der Waals surface area contributed by atoms with Gasteiger partial charge in [-0.05, 0) is 70.6 Å². The summed E-state index contributed by atoms with van der Waals surface area (Å²) in [6.45, 7) is 2.20. The Balaban J connectivity index is 1.14. The molecule has 3 rings (SSSR count). The molecule has 0 unspecified atom stereocenters. The molecule has 7 atom stereocenters. The van der Waals surface area contributed by atoms with Crippen molar-refractivity contribution in [3.05, 3.63) is 16.0 Å². The molecule has 0 saturated carbocycles. The molecule has 0 aromatic carbocycles. The van der Waals surface area contributed by atoms with Crippen molar-refractivity contribution in [1.82, 2.24) is 15.2 Å². The first-order valence-electron chi connectivity index (χ1n) is 18.4. The van der Waals surface area contributed by atoms with Crippen molar-refractivity contribution in [2.24, 2.45) is 0 Å². The molecule has 0 bridgehead atoms. The van der Waals surface area contributed by atoms with E-state index >= 15 is 0 Å². The third-order valence-corrected chi connectivity index (χ3v) is 9.82. The van der Waals surface area contributed by atoms with Gasteiger partial charge in [-0.2, -0.15) is 0 Å². The highest BCUT2D eigenvalue weighted by atomic mass is 16.6. The molecule has 1 aromatic rings. The monoisotopic (exact) mass is 636 g/mol. The van der Waals surface area contributed by atoms with Gasteiger partial charge in [0.2, 0.25) is 5.95 Å². The Kier molecular flexibility index (Phi) is 18.6. The van der Waals surface area contributed by atoms with E-state index in [-0.39, 0.29) is 42.0 Å². The van der Waals surface area contributed by atoms with Gasteiger partial charge in [0.25, 0.3) is 5.56 Å². The van der Waals surface area contributed by atoms with Crippen molar-refractivity contribution in [1.29, 1.82) is 0 Å². The molecular formula is C35H64N4O6. The van der Waals surface area contributed by atoms with E-state index in [1.54, 1.807) is 0 Å². The Morgan fingerprint density at radius 3 is 1.76 bits per heavy atom. The fraction of sp³-hybridized carbons (Fsp3) is 0.914. The van der Waals surface area contributed by atoms with Crippen LogP contribution in [-0.4, -0.2) is 73.2 Å². The lowest BCUT2D eigenvalue weighted by Crippen LogP contribution is -2.33. The summed E-state index contributed by atoms with van der Waals surface area (Å²) in [6.07, 6.45) is 22.9. The summed E-state index contributed by atoms with van der Waals surface area (Å²) < 4.78 is 12.5. The van der Waals surface area contributed by atoms with Crippen LogP contribution in [0.3, 0.4) is 0 Å². The van der Waals surface area contributed by atoms with Crippen molar-refractivity contribution < 1.29 is 24.8 Å². The van der Waals surface area contributed by atoms with Crippen molar-refractivity contribution in [2.45, 2.75) is 204 Å². The normalized spacial score (nSPS) is 23.8. The van der Waals surface area contributed by atoms with Crippen LogP contribution in [0.15, 0.2) is 4.79 Å². The second kappa shape index (κ2) is 22.1. The van der Waals surface area contributed by atoms with Gasteiger partial charge < -0.3 is 30.5 Å². The molecule has 6 N–H and O–H groups in total. The molecule has 260 valence electrons. The van der Waals surface area contributed by atoms with E-state index < -0.39 is 12.2 Å². The van der Waals surface area contributed by atoms with E-state index in [9.17, 15) is 20.1 Å². The average molecular weight is 637 g/mol. The predicted octanol–water partition coefficient (Wildman–Crippen LogP) is 5.90. The SMILES string of the molecule is CCCCCC[C@H](O)CCC[C@H](O)[C@H]1CC[C@H]([C@H]2CC[C@H]([C@H](O)CCCCCCCCCCCCc3nnc(N)[nH]c3=O)O2)O1. The zero-order chi connectivity index (χ0) is 32.3. The lowest BCUT2D eigenvalue weighted by atomic mass is 9.99. The Hall–Kier alpha value is -1.59. The van der Waals surface area contributed by atoms with Crippen molar-refractivity contribution in [3.8, 4) is 0 Å². The summed E-state index contributed by atoms with van der Waals surface area (Å²) in [5.74, 6) is 0.0609. The zero-order valence-electron chi connectivity index (χ0n) is 28.1. The van der Waals surface area contributed by atoms with Crippen molar-refractivity contribution in [3.63, 3.8) is 0 Å². The largest absolute Gasteiger partial charge is 0.393 e. The van der Waals surface area contributed by atoms with E-state index in [0.29, 0.717) is 18.5 Å². The van der Waals surface area contributed by atoms with Crippen molar-refractivity contribution >= 4 is 5.95 Å². The topological polar surface area (TPSA) is 164 Å². The number of anilines is 1. The highest BCUT2D eigenvalue weighted by Gasteiger charge is 2.40. The Labute approximate surface area is 271 Å². The molecule has 1 aromatic heterocycles. The van der Waals surface area contributed by atoms with Gasteiger partial charge in [0.15, 0.2) is 0 Å². The molecule has 3 heterocycles. The first kappa shape index (κ1) is 37.9. The molecule has 2 aliphatic rings. The standard InChI is InChI=1S/C35H64N4O6/c1-2-3-4-13-17-26(40)18-16-21-29(42)31-23-25-33(45-31)32-24-22-30(44-32)28(41)20-15-12-10-8-6-5-7-9-11-14-19-27-34(43)37-35(36)39-38-27/h26,28-33,40-42H,2-25H2,1H3,(H3,36,37,39,43)/t26-,28+,29-,30+,31+,32+,33+/m0/s1. The van der Waals surface area contributed by atoms with E-state index in [1.165, 1.54) is 57.8 Å². The quantitative estimate of drug-likeness (QED) is 0.0822. The van der Waals surface area contributed by atoms with Gasteiger partial charge in [0.05, 0.1) is 42.7 Å². The van der Waals surface area contributed by atoms with Crippen LogP contribution in [0.1, 0.15) is 160 Å². The number of nitrogens with zero attached hydrogens (tertiary/aromatic N) is 2. The molecule has 10 nitrogen and oxygen atoms in total. The number of nitrogens with one attached hydrogen (secondary N) is 1. The Morgan fingerprint density at radius 2 is 1.18 bits per heavy atom. The maximum absolute atomic E-state index is 11.7. The van der Waals surface area contributed by atoms with Crippen LogP contribution in [0.2, 0.25) is 0 Å². The number of H-pyrrole nitrogens is 1. The molecule has 0 amide bonds. The van der Waals surface area contributed by atoms with Crippen LogP contribution in [0.4, 0.5) is 5.95 Å². The van der Waals surface area contributed by atoms with Crippen LogP contribution in [0, 0.1) is 0 Å². The number of aromatic nitrogens is 3. The summed E-state index contributed by atoms with van der Waals surface area (Å²) >= 11 is 0. The van der Waals surface area contributed by atoms with Gasteiger partial charge in [-0.3, -0.25) is 9.78 Å². The highest BCUT2D eigenvalue weighted by Crippen LogP contribution is 2.34. The number of ether oxygens (including phenoxy) is 2. The summed E-state index contributed by atoms with van der Waals surface area (Å²) in [5.41, 5.74) is 5.67. The first-order chi connectivity index (χ1) is 21.9.